The Morgan fingerprint density at radius 1 is 0.481 bits per heavy atom. The summed E-state index contributed by atoms with van der Waals surface area (Å²) in [6.07, 6.45) is 0. The summed E-state index contributed by atoms with van der Waals surface area (Å²) in [5.41, 5.74) is 8.82. The molecule has 2 heterocycles. The van der Waals surface area contributed by atoms with Crippen LogP contribution in [0.15, 0.2) is 156 Å². The highest BCUT2D eigenvalue weighted by Crippen LogP contribution is 2.40. The number of rotatable bonds is 9. The van der Waals surface area contributed by atoms with Crippen molar-refractivity contribution in [1.82, 2.24) is 0 Å². The molecule has 0 unspecified atom stereocenters. The summed E-state index contributed by atoms with van der Waals surface area (Å²) < 4.78 is 11.6. The van der Waals surface area contributed by atoms with Crippen molar-refractivity contribution in [3.8, 4) is 22.6 Å². The normalized spacial score (nSPS) is 15.0. The van der Waals surface area contributed by atoms with Gasteiger partial charge in [-0.3, -0.25) is 9.59 Å². The van der Waals surface area contributed by atoms with Gasteiger partial charge in [-0.05, 0) is 58.7 Å². The molecule has 8 heteroatoms. The lowest BCUT2D eigenvalue weighted by atomic mass is 10.0. The third-order valence-corrected chi connectivity index (χ3v) is 9.32. The molecule has 0 atom stereocenters. The van der Waals surface area contributed by atoms with Crippen LogP contribution >= 0.6 is 0 Å². The number of benzene rings is 6. The van der Waals surface area contributed by atoms with Crippen molar-refractivity contribution in [1.29, 1.82) is 0 Å². The molecule has 52 heavy (non-hydrogen) atoms. The summed E-state index contributed by atoms with van der Waals surface area (Å²) in [5, 5.41) is 0. The van der Waals surface area contributed by atoms with Crippen molar-refractivity contribution in [3.05, 3.63) is 168 Å². The maximum absolute atomic E-state index is 13.8. The summed E-state index contributed by atoms with van der Waals surface area (Å²) >= 11 is 0. The summed E-state index contributed by atoms with van der Waals surface area (Å²) in [6.45, 7) is 0.892. The number of carbonyl (C=O) groups excluding carboxylic acids is 2. The smallest absolute Gasteiger partial charge is 0.277 e. The standard InChI is InChI=1S/C44H34N4O4/c1-51-39-25-31(21-23-35(39)45-41-33-17-9-11-19-37(33)47(43(41)49)27-29-13-5-3-6-14-29)32-22-24-36(40(26-32)52-2)46-42-34-18-10-12-20-38(34)48(44(42)50)28-30-15-7-4-8-16-30/h3-26H,27-28H2,1-2H3. The number of amides is 2. The van der Waals surface area contributed by atoms with Gasteiger partial charge in [0.1, 0.15) is 34.3 Å². The van der Waals surface area contributed by atoms with Crippen LogP contribution in [0.4, 0.5) is 22.7 Å². The number of hydrogen-bond acceptors (Lipinski definition) is 6. The highest BCUT2D eigenvalue weighted by Gasteiger charge is 2.35. The summed E-state index contributed by atoms with van der Waals surface area (Å²) in [5.74, 6) is 0.716. The predicted molar refractivity (Wildman–Crippen MR) is 206 cm³/mol. The second-order valence-electron chi connectivity index (χ2n) is 12.5. The average Bonchev–Trinajstić information content (AvgIpc) is 3.60. The molecule has 6 aromatic rings. The van der Waals surface area contributed by atoms with Gasteiger partial charge in [-0.15, -0.1) is 0 Å². The predicted octanol–water partition coefficient (Wildman–Crippen LogP) is 8.71. The van der Waals surface area contributed by atoms with E-state index in [9.17, 15) is 9.59 Å². The zero-order chi connectivity index (χ0) is 35.6. The Kier molecular flexibility index (Phi) is 8.63. The molecule has 0 aliphatic carbocycles. The van der Waals surface area contributed by atoms with Crippen LogP contribution in [0, 0.1) is 0 Å². The topological polar surface area (TPSA) is 83.8 Å². The van der Waals surface area contributed by atoms with Gasteiger partial charge in [-0.2, -0.15) is 0 Å². The lowest BCUT2D eigenvalue weighted by molar-refractivity contribution is -0.113. The first kappa shape index (κ1) is 32.4. The summed E-state index contributed by atoms with van der Waals surface area (Å²) in [7, 11) is 3.18. The first-order chi connectivity index (χ1) is 25.5. The molecular formula is C44H34N4O4. The van der Waals surface area contributed by atoms with Crippen LogP contribution in [0.5, 0.6) is 11.5 Å². The van der Waals surface area contributed by atoms with E-state index >= 15 is 0 Å². The van der Waals surface area contributed by atoms with Crippen molar-refractivity contribution in [2.45, 2.75) is 13.1 Å². The van der Waals surface area contributed by atoms with Gasteiger partial charge in [-0.1, -0.05) is 109 Å². The number of aliphatic imine (C=N–C) groups is 2. The van der Waals surface area contributed by atoms with Crippen LogP contribution in [0.3, 0.4) is 0 Å². The molecule has 6 aromatic carbocycles. The molecule has 0 radical (unpaired) electrons. The van der Waals surface area contributed by atoms with Crippen molar-refractivity contribution >= 4 is 46.0 Å². The minimum atomic E-state index is -0.162. The molecular weight excluding hydrogens is 649 g/mol. The number of anilines is 2. The van der Waals surface area contributed by atoms with E-state index in [1.807, 2.05) is 146 Å². The van der Waals surface area contributed by atoms with Crippen LogP contribution < -0.4 is 19.3 Å². The molecule has 0 saturated carbocycles. The number of methoxy groups -OCH3 is 2. The lowest BCUT2D eigenvalue weighted by Gasteiger charge is -2.16. The fourth-order valence-corrected chi connectivity index (χ4v) is 6.73. The van der Waals surface area contributed by atoms with Crippen LogP contribution in [0.1, 0.15) is 22.3 Å². The maximum atomic E-state index is 13.8. The Hall–Kier alpha value is -6.80. The Morgan fingerprint density at radius 2 is 0.865 bits per heavy atom. The molecule has 0 spiro atoms. The molecule has 0 saturated heterocycles. The van der Waals surface area contributed by atoms with E-state index in [2.05, 4.69) is 0 Å². The molecule has 2 aliphatic heterocycles. The monoisotopic (exact) mass is 682 g/mol. The van der Waals surface area contributed by atoms with Gasteiger partial charge in [0.05, 0.1) is 38.7 Å². The first-order valence-electron chi connectivity index (χ1n) is 17.0. The van der Waals surface area contributed by atoms with Crippen LogP contribution in [-0.4, -0.2) is 37.5 Å². The third kappa shape index (κ3) is 6.00. The Labute approximate surface area is 301 Å². The quantitative estimate of drug-likeness (QED) is 0.153. The van der Waals surface area contributed by atoms with Crippen molar-refractivity contribution in [2.24, 2.45) is 9.98 Å². The minimum Gasteiger partial charge on any atom is -0.494 e. The molecule has 8 nitrogen and oxygen atoms in total. The van der Waals surface area contributed by atoms with E-state index in [1.54, 1.807) is 24.0 Å². The molecule has 0 fully saturated rings. The fraction of sp³-hybridized carbons (Fsp3) is 0.0909. The molecule has 2 amide bonds. The van der Waals surface area contributed by atoms with Gasteiger partial charge in [-0.25, -0.2) is 9.98 Å². The van der Waals surface area contributed by atoms with Crippen LogP contribution in [-0.2, 0) is 22.7 Å². The van der Waals surface area contributed by atoms with E-state index in [-0.39, 0.29) is 11.8 Å². The molecule has 254 valence electrons. The van der Waals surface area contributed by atoms with E-state index in [0.717, 1.165) is 44.8 Å². The summed E-state index contributed by atoms with van der Waals surface area (Å²) in [6, 6.07) is 46.6. The molecule has 0 N–H and O–H groups in total. The van der Waals surface area contributed by atoms with Gasteiger partial charge in [0.25, 0.3) is 11.8 Å². The Balaban J connectivity index is 1.09. The van der Waals surface area contributed by atoms with Crippen LogP contribution in [0.25, 0.3) is 11.1 Å². The Bertz CT molecular complexity index is 2220. The largest absolute Gasteiger partial charge is 0.494 e. The van der Waals surface area contributed by atoms with Gasteiger partial charge in [0.2, 0.25) is 0 Å². The fourth-order valence-electron chi connectivity index (χ4n) is 6.73. The maximum Gasteiger partial charge on any atom is 0.277 e. The number of hydrogen-bond donors (Lipinski definition) is 0. The van der Waals surface area contributed by atoms with Crippen LogP contribution in [0.2, 0.25) is 0 Å². The second-order valence-corrected chi connectivity index (χ2v) is 12.5. The van der Waals surface area contributed by atoms with E-state index < -0.39 is 0 Å². The summed E-state index contributed by atoms with van der Waals surface area (Å²) in [4.78, 5) is 40.8. The zero-order valence-corrected chi connectivity index (χ0v) is 28.7. The number of nitrogens with zero attached hydrogens (tertiary/aromatic N) is 4. The lowest BCUT2D eigenvalue weighted by Crippen LogP contribution is -2.29. The minimum absolute atomic E-state index is 0.162. The van der Waals surface area contributed by atoms with Crippen molar-refractivity contribution in [3.63, 3.8) is 0 Å². The van der Waals surface area contributed by atoms with E-state index in [0.29, 0.717) is 47.4 Å². The van der Waals surface area contributed by atoms with Gasteiger partial charge < -0.3 is 19.3 Å². The average molecular weight is 683 g/mol. The van der Waals surface area contributed by atoms with E-state index in [4.69, 9.17) is 19.5 Å². The number of ether oxygens (including phenoxy) is 2. The number of para-hydroxylation sites is 2. The van der Waals surface area contributed by atoms with Gasteiger partial charge in [0.15, 0.2) is 0 Å². The first-order valence-corrected chi connectivity index (χ1v) is 17.0. The van der Waals surface area contributed by atoms with E-state index in [1.165, 1.54) is 0 Å². The molecule has 2 aliphatic rings. The zero-order valence-electron chi connectivity index (χ0n) is 28.7. The molecule has 8 rings (SSSR count). The highest BCUT2D eigenvalue weighted by molar-refractivity contribution is 6.55. The van der Waals surface area contributed by atoms with Gasteiger partial charge in [0, 0.05) is 11.1 Å². The van der Waals surface area contributed by atoms with Crippen molar-refractivity contribution in [2.75, 3.05) is 24.0 Å². The number of fused-ring (bicyclic) bond motifs is 2. The molecule has 0 aromatic heterocycles. The highest BCUT2D eigenvalue weighted by atomic mass is 16.5. The Morgan fingerprint density at radius 3 is 1.27 bits per heavy atom. The second kappa shape index (κ2) is 13.8. The van der Waals surface area contributed by atoms with Crippen molar-refractivity contribution < 1.29 is 19.1 Å². The SMILES string of the molecule is COc1cc(-c2ccc(N=C3C(=O)N(Cc4ccccc4)c4ccccc43)c(OC)c2)ccc1N=C1C(=O)N(Cc2ccccc2)c2ccccc21. The molecule has 0 bridgehead atoms. The number of carbonyl (C=O) groups is 2. The third-order valence-electron chi connectivity index (χ3n) is 9.32. The van der Waals surface area contributed by atoms with Gasteiger partial charge >= 0.3 is 0 Å².